The van der Waals surface area contributed by atoms with Crippen LogP contribution in [0.1, 0.15) is 49.8 Å². The molecule has 0 aromatic carbocycles. The Hall–Kier alpha value is -1.20. The van der Waals surface area contributed by atoms with Crippen LogP contribution in [0.2, 0.25) is 0 Å². The maximum atomic E-state index is 9.18. The van der Waals surface area contributed by atoms with Gasteiger partial charge in [0.1, 0.15) is 0 Å². The number of hydrogen-bond donors (Lipinski definition) is 2. The van der Waals surface area contributed by atoms with Gasteiger partial charge in [-0.3, -0.25) is 0 Å². The molecule has 5 nitrogen and oxygen atoms in total. The summed E-state index contributed by atoms with van der Waals surface area (Å²) in [5.41, 5.74) is 1.66. The van der Waals surface area contributed by atoms with Gasteiger partial charge in [0.2, 0.25) is 5.95 Å². The highest BCUT2D eigenvalue weighted by Gasteiger charge is 2.25. The molecular weight excluding hydrogens is 276 g/mol. The van der Waals surface area contributed by atoms with Crippen LogP contribution in [0.25, 0.3) is 0 Å². The number of hydrogen-bond acceptors (Lipinski definition) is 5. The normalized spacial score (nSPS) is 23.8. The second-order valence-electron chi connectivity index (χ2n) is 6.86. The van der Waals surface area contributed by atoms with Gasteiger partial charge < -0.3 is 15.3 Å². The second kappa shape index (κ2) is 7.38. The standard InChI is InChI=1S/C17H28N4O/c1-13-15(12-22)9-18-17(19-13)20-16-7-8-21(11-16)10-14-5-3-2-4-6-14/h9,14,16,22H,2-8,10-12H2,1H3,(H,18,19,20)/t16-/m1/s1. The molecule has 1 aliphatic heterocycles. The fourth-order valence-electron chi connectivity index (χ4n) is 3.75. The lowest BCUT2D eigenvalue weighted by Crippen LogP contribution is -2.31. The molecule has 0 radical (unpaired) electrons. The van der Waals surface area contributed by atoms with E-state index in [1.54, 1.807) is 6.20 Å². The SMILES string of the molecule is Cc1nc(N[C@@H]2CCN(CC3CCCCC3)C2)ncc1CO. The smallest absolute Gasteiger partial charge is 0.223 e. The number of nitrogens with zero attached hydrogens (tertiary/aromatic N) is 3. The fraction of sp³-hybridized carbons (Fsp3) is 0.765. The molecule has 1 aromatic heterocycles. The van der Waals surface area contributed by atoms with E-state index in [0.717, 1.165) is 30.1 Å². The third kappa shape index (κ3) is 3.96. The summed E-state index contributed by atoms with van der Waals surface area (Å²) in [6.07, 6.45) is 9.99. The highest BCUT2D eigenvalue weighted by atomic mass is 16.3. The summed E-state index contributed by atoms with van der Waals surface area (Å²) >= 11 is 0. The molecule has 0 unspecified atom stereocenters. The van der Waals surface area contributed by atoms with Crippen molar-refractivity contribution >= 4 is 5.95 Å². The van der Waals surface area contributed by atoms with E-state index >= 15 is 0 Å². The van der Waals surface area contributed by atoms with Gasteiger partial charge in [-0.15, -0.1) is 0 Å². The van der Waals surface area contributed by atoms with E-state index in [2.05, 4.69) is 20.2 Å². The first-order valence-electron chi connectivity index (χ1n) is 8.67. The molecular formula is C17H28N4O. The van der Waals surface area contributed by atoms with Crippen LogP contribution in [0.4, 0.5) is 5.95 Å². The van der Waals surface area contributed by atoms with Crippen molar-refractivity contribution in [3.8, 4) is 0 Å². The van der Waals surface area contributed by atoms with Crippen LogP contribution in [0, 0.1) is 12.8 Å². The summed E-state index contributed by atoms with van der Waals surface area (Å²) in [7, 11) is 0. The van der Waals surface area contributed by atoms with Crippen molar-refractivity contribution in [3.05, 3.63) is 17.5 Å². The third-order valence-electron chi connectivity index (χ3n) is 5.10. The zero-order valence-corrected chi connectivity index (χ0v) is 13.6. The van der Waals surface area contributed by atoms with Crippen LogP contribution in [0.5, 0.6) is 0 Å². The number of nitrogens with one attached hydrogen (secondary N) is 1. The van der Waals surface area contributed by atoms with Crippen molar-refractivity contribution < 1.29 is 5.11 Å². The molecule has 1 saturated carbocycles. The average molecular weight is 304 g/mol. The van der Waals surface area contributed by atoms with Gasteiger partial charge in [-0.05, 0) is 32.1 Å². The molecule has 0 bridgehead atoms. The summed E-state index contributed by atoms with van der Waals surface area (Å²) in [4.78, 5) is 11.4. The van der Waals surface area contributed by atoms with Crippen molar-refractivity contribution in [1.29, 1.82) is 0 Å². The lowest BCUT2D eigenvalue weighted by atomic mass is 9.89. The minimum atomic E-state index is 0.00467. The van der Waals surface area contributed by atoms with Crippen LogP contribution in [-0.4, -0.2) is 45.7 Å². The van der Waals surface area contributed by atoms with Gasteiger partial charge in [0.05, 0.1) is 6.61 Å². The molecule has 1 saturated heterocycles. The van der Waals surface area contributed by atoms with Gasteiger partial charge in [-0.25, -0.2) is 9.97 Å². The van der Waals surface area contributed by atoms with E-state index in [1.807, 2.05) is 6.92 Å². The van der Waals surface area contributed by atoms with Crippen LogP contribution in [0.3, 0.4) is 0 Å². The number of aliphatic hydroxyl groups is 1. The fourth-order valence-corrected chi connectivity index (χ4v) is 3.75. The third-order valence-corrected chi connectivity index (χ3v) is 5.10. The van der Waals surface area contributed by atoms with Gasteiger partial charge in [-0.1, -0.05) is 19.3 Å². The maximum Gasteiger partial charge on any atom is 0.223 e. The van der Waals surface area contributed by atoms with Gasteiger partial charge in [0.25, 0.3) is 0 Å². The van der Waals surface area contributed by atoms with E-state index in [-0.39, 0.29) is 6.61 Å². The van der Waals surface area contributed by atoms with Gasteiger partial charge >= 0.3 is 0 Å². The first kappa shape index (κ1) is 15.7. The van der Waals surface area contributed by atoms with Gasteiger partial charge in [0, 0.05) is 43.1 Å². The molecule has 2 aliphatic rings. The van der Waals surface area contributed by atoms with Crippen LogP contribution < -0.4 is 5.32 Å². The minimum Gasteiger partial charge on any atom is -0.392 e. The summed E-state index contributed by atoms with van der Waals surface area (Å²) < 4.78 is 0. The maximum absolute atomic E-state index is 9.18. The predicted molar refractivity (Wildman–Crippen MR) is 87.7 cm³/mol. The number of aromatic nitrogens is 2. The Kier molecular flexibility index (Phi) is 5.26. The molecule has 2 N–H and O–H groups in total. The molecule has 1 aromatic rings. The van der Waals surface area contributed by atoms with Crippen LogP contribution in [0.15, 0.2) is 6.20 Å². The van der Waals surface area contributed by atoms with Crippen molar-refractivity contribution in [2.45, 2.75) is 58.1 Å². The van der Waals surface area contributed by atoms with Crippen molar-refractivity contribution in [3.63, 3.8) is 0 Å². The highest BCUT2D eigenvalue weighted by Crippen LogP contribution is 2.26. The molecule has 122 valence electrons. The van der Waals surface area contributed by atoms with Crippen molar-refractivity contribution in [1.82, 2.24) is 14.9 Å². The predicted octanol–water partition coefficient (Wildman–Crippen LogP) is 2.34. The molecule has 2 fully saturated rings. The zero-order valence-electron chi connectivity index (χ0n) is 13.6. The lowest BCUT2D eigenvalue weighted by molar-refractivity contribution is 0.233. The highest BCUT2D eigenvalue weighted by molar-refractivity contribution is 5.30. The number of aryl methyl sites for hydroxylation is 1. The quantitative estimate of drug-likeness (QED) is 0.874. The zero-order chi connectivity index (χ0) is 15.4. The molecule has 0 spiro atoms. The van der Waals surface area contributed by atoms with E-state index in [1.165, 1.54) is 45.2 Å². The van der Waals surface area contributed by atoms with Crippen LogP contribution in [-0.2, 0) is 6.61 Å². The first-order chi connectivity index (χ1) is 10.7. The molecule has 5 heteroatoms. The van der Waals surface area contributed by atoms with Gasteiger partial charge in [0.15, 0.2) is 0 Å². The van der Waals surface area contributed by atoms with Crippen LogP contribution >= 0.6 is 0 Å². The summed E-state index contributed by atoms with van der Waals surface area (Å²) in [5, 5.41) is 12.6. The Balaban J connectivity index is 1.49. The summed E-state index contributed by atoms with van der Waals surface area (Å²) in [6.45, 7) is 5.47. The van der Waals surface area contributed by atoms with Crippen molar-refractivity contribution in [2.75, 3.05) is 25.0 Å². The molecule has 22 heavy (non-hydrogen) atoms. The molecule has 0 amide bonds. The Labute approximate surface area is 133 Å². The minimum absolute atomic E-state index is 0.00467. The summed E-state index contributed by atoms with van der Waals surface area (Å²) in [5.74, 6) is 1.61. The van der Waals surface area contributed by atoms with Crippen molar-refractivity contribution in [2.24, 2.45) is 5.92 Å². The molecule has 3 rings (SSSR count). The molecule has 2 heterocycles. The number of rotatable bonds is 5. The average Bonchev–Trinajstić information content (AvgIpc) is 2.95. The topological polar surface area (TPSA) is 61.3 Å². The number of anilines is 1. The number of likely N-dealkylation sites (tertiary alicyclic amines) is 1. The Morgan fingerprint density at radius 3 is 2.82 bits per heavy atom. The lowest BCUT2D eigenvalue weighted by Gasteiger charge is -2.26. The Bertz CT molecular complexity index is 488. The van der Waals surface area contributed by atoms with Gasteiger partial charge in [-0.2, -0.15) is 0 Å². The monoisotopic (exact) mass is 304 g/mol. The Morgan fingerprint density at radius 1 is 1.27 bits per heavy atom. The van der Waals surface area contributed by atoms with E-state index in [0.29, 0.717) is 12.0 Å². The van der Waals surface area contributed by atoms with E-state index < -0.39 is 0 Å². The second-order valence-corrected chi connectivity index (χ2v) is 6.86. The van der Waals surface area contributed by atoms with E-state index in [9.17, 15) is 5.11 Å². The largest absolute Gasteiger partial charge is 0.392 e. The summed E-state index contributed by atoms with van der Waals surface area (Å²) in [6, 6.07) is 0.447. The molecule has 1 atom stereocenters. The Morgan fingerprint density at radius 2 is 2.09 bits per heavy atom. The number of aliphatic hydroxyl groups excluding tert-OH is 1. The van der Waals surface area contributed by atoms with E-state index in [4.69, 9.17) is 0 Å². The first-order valence-corrected chi connectivity index (χ1v) is 8.67. The molecule has 1 aliphatic carbocycles.